The number of rotatable bonds is 3. The average molecular weight is 406 g/mol. The highest BCUT2D eigenvalue weighted by Crippen LogP contribution is 2.29. The molecule has 3 aromatic rings. The lowest BCUT2D eigenvalue weighted by molar-refractivity contribution is 0.274. The number of aryl methyl sites for hydroxylation is 1. The second-order valence-corrected chi connectivity index (χ2v) is 9.21. The van der Waals surface area contributed by atoms with Crippen LogP contribution in [0.4, 0.5) is 0 Å². The molecule has 8 heteroatoms. The Labute approximate surface area is 162 Å². The highest BCUT2D eigenvalue weighted by atomic mass is 35.5. The second kappa shape index (κ2) is 6.82. The normalized spacial score (nSPS) is 16.8. The van der Waals surface area contributed by atoms with E-state index in [4.69, 9.17) is 11.6 Å². The van der Waals surface area contributed by atoms with Gasteiger partial charge in [0.2, 0.25) is 10.0 Å². The van der Waals surface area contributed by atoms with Gasteiger partial charge in [0.1, 0.15) is 0 Å². The Kier molecular flexibility index (Phi) is 4.61. The van der Waals surface area contributed by atoms with Crippen molar-refractivity contribution in [3.63, 3.8) is 0 Å². The molecule has 0 bridgehead atoms. The van der Waals surface area contributed by atoms with Gasteiger partial charge in [0.05, 0.1) is 15.9 Å². The number of piperidine rings is 1. The number of para-hydroxylation sites is 2. The van der Waals surface area contributed by atoms with Crippen LogP contribution >= 0.6 is 11.6 Å². The summed E-state index contributed by atoms with van der Waals surface area (Å²) >= 11 is 6.10. The minimum Gasteiger partial charge on any atom is -0.306 e. The lowest BCUT2D eigenvalue weighted by Crippen LogP contribution is -2.40. The third-order valence-electron chi connectivity index (χ3n) is 5.19. The number of fused-ring (bicyclic) bond motifs is 1. The first-order valence-corrected chi connectivity index (χ1v) is 10.7. The van der Waals surface area contributed by atoms with Crippen molar-refractivity contribution in [3.8, 4) is 0 Å². The average Bonchev–Trinajstić information content (AvgIpc) is 2.99. The van der Waals surface area contributed by atoms with E-state index in [1.54, 1.807) is 16.7 Å². The van der Waals surface area contributed by atoms with Gasteiger partial charge in [0.15, 0.2) is 0 Å². The third-order valence-corrected chi connectivity index (χ3v) is 7.50. The zero-order chi connectivity index (χ0) is 19.2. The van der Waals surface area contributed by atoms with E-state index in [2.05, 4.69) is 4.98 Å². The number of benzene rings is 2. The molecule has 0 spiro atoms. The summed E-state index contributed by atoms with van der Waals surface area (Å²) in [6, 6.07) is 12.3. The van der Waals surface area contributed by atoms with Gasteiger partial charge in [-0.3, -0.25) is 4.57 Å². The number of hydrogen-bond acceptors (Lipinski definition) is 3. The van der Waals surface area contributed by atoms with Crippen molar-refractivity contribution in [2.24, 2.45) is 0 Å². The van der Waals surface area contributed by atoms with Gasteiger partial charge in [0.25, 0.3) is 0 Å². The molecule has 0 saturated carbocycles. The molecule has 1 aromatic heterocycles. The molecule has 0 atom stereocenters. The van der Waals surface area contributed by atoms with Gasteiger partial charge in [-0.1, -0.05) is 29.8 Å². The predicted octanol–water partition coefficient (Wildman–Crippen LogP) is 3.32. The standard InChI is InChI=1S/C19H20ClN3O3S/c1-13-6-7-15(12-16(13)20)27(25,26)22-10-8-14(9-11-22)23-18-5-3-2-4-17(18)21-19(23)24/h2-7,12,14H,8-11H2,1H3,(H,21,24). The summed E-state index contributed by atoms with van der Waals surface area (Å²) < 4.78 is 29.1. The van der Waals surface area contributed by atoms with Crippen molar-refractivity contribution in [2.75, 3.05) is 13.1 Å². The molecule has 0 unspecified atom stereocenters. The molecule has 2 aromatic carbocycles. The van der Waals surface area contributed by atoms with Crippen LogP contribution in [0.2, 0.25) is 5.02 Å². The first-order valence-electron chi connectivity index (χ1n) is 8.83. The summed E-state index contributed by atoms with van der Waals surface area (Å²) in [5, 5.41) is 0.441. The van der Waals surface area contributed by atoms with E-state index in [-0.39, 0.29) is 16.6 Å². The number of nitrogens with one attached hydrogen (secondary N) is 1. The monoisotopic (exact) mass is 405 g/mol. The fourth-order valence-corrected chi connectivity index (χ4v) is 5.40. The maximum Gasteiger partial charge on any atom is 0.326 e. The first kappa shape index (κ1) is 18.3. The van der Waals surface area contributed by atoms with Gasteiger partial charge in [-0.15, -0.1) is 0 Å². The molecular weight excluding hydrogens is 386 g/mol. The largest absolute Gasteiger partial charge is 0.326 e. The minimum absolute atomic E-state index is 0.0262. The number of aromatic amines is 1. The molecule has 27 heavy (non-hydrogen) atoms. The Hall–Kier alpha value is -2.09. The third kappa shape index (κ3) is 3.20. The Morgan fingerprint density at radius 2 is 1.81 bits per heavy atom. The molecule has 1 aliphatic heterocycles. The van der Waals surface area contributed by atoms with Crippen molar-refractivity contribution in [1.29, 1.82) is 0 Å². The predicted molar refractivity (Wildman–Crippen MR) is 106 cm³/mol. The topological polar surface area (TPSA) is 75.2 Å². The molecular formula is C19H20ClN3O3S. The van der Waals surface area contributed by atoms with E-state index in [1.165, 1.54) is 10.4 Å². The number of H-pyrrole nitrogens is 1. The van der Waals surface area contributed by atoms with Gasteiger partial charge in [-0.25, -0.2) is 13.2 Å². The quantitative estimate of drug-likeness (QED) is 0.726. The fourth-order valence-electron chi connectivity index (χ4n) is 3.66. The molecule has 0 radical (unpaired) electrons. The van der Waals surface area contributed by atoms with Crippen LogP contribution < -0.4 is 5.69 Å². The highest BCUT2D eigenvalue weighted by Gasteiger charge is 2.31. The van der Waals surface area contributed by atoms with Gasteiger partial charge in [-0.05, 0) is 49.6 Å². The van der Waals surface area contributed by atoms with Gasteiger partial charge in [-0.2, -0.15) is 4.31 Å². The van der Waals surface area contributed by atoms with E-state index in [0.717, 1.165) is 16.6 Å². The van der Waals surface area contributed by atoms with Crippen molar-refractivity contribution < 1.29 is 8.42 Å². The van der Waals surface area contributed by atoms with Crippen LogP contribution in [0, 0.1) is 6.92 Å². The summed E-state index contributed by atoms with van der Waals surface area (Å²) in [5.41, 5.74) is 2.34. The zero-order valence-electron chi connectivity index (χ0n) is 14.9. The molecule has 1 N–H and O–H groups in total. The summed E-state index contributed by atoms with van der Waals surface area (Å²) in [7, 11) is -3.59. The number of hydrogen-bond donors (Lipinski definition) is 1. The Morgan fingerprint density at radius 1 is 1.11 bits per heavy atom. The van der Waals surface area contributed by atoms with Crippen molar-refractivity contribution in [2.45, 2.75) is 30.7 Å². The highest BCUT2D eigenvalue weighted by molar-refractivity contribution is 7.89. The molecule has 0 amide bonds. The van der Waals surface area contributed by atoms with Crippen LogP contribution in [0.3, 0.4) is 0 Å². The van der Waals surface area contributed by atoms with Crippen LogP contribution in [0.15, 0.2) is 52.2 Å². The molecule has 6 nitrogen and oxygen atoms in total. The Bertz CT molecular complexity index is 1160. The Morgan fingerprint density at radius 3 is 2.52 bits per heavy atom. The smallest absolute Gasteiger partial charge is 0.306 e. The van der Waals surface area contributed by atoms with E-state index >= 15 is 0 Å². The van der Waals surface area contributed by atoms with Crippen molar-refractivity contribution in [3.05, 3.63) is 63.5 Å². The van der Waals surface area contributed by atoms with Crippen LogP contribution in [0.25, 0.3) is 11.0 Å². The number of aromatic nitrogens is 2. The van der Waals surface area contributed by atoms with Gasteiger partial charge < -0.3 is 4.98 Å². The van der Waals surface area contributed by atoms with Crippen LogP contribution in [0.5, 0.6) is 0 Å². The van der Waals surface area contributed by atoms with Crippen molar-refractivity contribution >= 4 is 32.7 Å². The van der Waals surface area contributed by atoms with Crippen LogP contribution in [0.1, 0.15) is 24.4 Å². The maximum atomic E-state index is 12.9. The van der Waals surface area contributed by atoms with Crippen LogP contribution in [-0.4, -0.2) is 35.4 Å². The molecule has 2 heterocycles. The molecule has 142 valence electrons. The van der Waals surface area contributed by atoms with Gasteiger partial charge in [0, 0.05) is 24.2 Å². The number of imidazole rings is 1. The first-order chi connectivity index (χ1) is 12.9. The van der Waals surface area contributed by atoms with E-state index in [1.807, 2.05) is 31.2 Å². The lowest BCUT2D eigenvalue weighted by atomic mass is 10.1. The number of nitrogens with zero attached hydrogens (tertiary/aromatic N) is 2. The second-order valence-electron chi connectivity index (χ2n) is 6.86. The summed E-state index contributed by atoms with van der Waals surface area (Å²) in [4.78, 5) is 15.4. The van der Waals surface area contributed by atoms with E-state index in [0.29, 0.717) is 31.0 Å². The molecule has 1 aliphatic rings. The molecule has 1 fully saturated rings. The fraction of sp³-hybridized carbons (Fsp3) is 0.316. The van der Waals surface area contributed by atoms with E-state index in [9.17, 15) is 13.2 Å². The SMILES string of the molecule is Cc1ccc(S(=O)(=O)N2CCC(n3c(=O)[nH]c4ccccc43)CC2)cc1Cl. The zero-order valence-corrected chi connectivity index (χ0v) is 16.4. The molecule has 4 rings (SSSR count). The summed E-state index contributed by atoms with van der Waals surface area (Å²) in [6.45, 7) is 2.57. The van der Waals surface area contributed by atoms with Crippen LogP contribution in [-0.2, 0) is 10.0 Å². The Balaban J connectivity index is 1.57. The van der Waals surface area contributed by atoms with Gasteiger partial charge >= 0.3 is 5.69 Å². The number of halogens is 1. The van der Waals surface area contributed by atoms with Crippen molar-refractivity contribution in [1.82, 2.24) is 13.9 Å². The number of sulfonamides is 1. The summed E-state index contributed by atoms with van der Waals surface area (Å²) in [5.74, 6) is 0. The minimum atomic E-state index is -3.59. The maximum absolute atomic E-state index is 12.9. The summed E-state index contributed by atoms with van der Waals surface area (Å²) in [6.07, 6.45) is 1.17. The molecule has 0 aliphatic carbocycles. The molecule has 1 saturated heterocycles. The lowest BCUT2D eigenvalue weighted by Gasteiger charge is -2.31. The van der Waals surface area contributed by atoms with E-state index < -0.39 is 10.0 Å².